The number of rotatable bonds is 4. The van der Waals surface area contributed by atoms with Gasteiger partial charge < -0.3 is 10.8 Å². The summed E-state index contributed by atoms with van der Waals surface area (Å²) in [6, 6.07) is 6.71. The summed E-state index contributed by atoms with van der Waals surface area (Å²) >= 11 is 6.52. The van der Waals surface area contributed by atoms with E-state index in [1.807, 2.05) is 0 Å². The number of aromatic amines is 1. The number of aliphatic hydroxyl groups excluding tert-OH is 1. The second-order valence-corrected chi connectivity index (χ2v) is 9.65. The lowest BCUT2D eigenvalue weighted by atomic mass is 9.99. The van der Waals surface area contributed by atoms with Crippen molar-refractivity contribution < 1.29 is 22.3 Å². The topological polar surface area (TPSA) is 112 Å². The molecule has 7 nitrogen and oxygen atoms in total. The largest absolute Gasteiger partial charge is 0.395 e. The third-order valence-electron chi connectivity index (χ3n) is 5.33. The van der Waals surface area contributed by atoms with Crippen molar-refractivity contribution in [1.29, 1.82) is 0 Å². The highest BCUT2D eigenvalue weighted by Gasteiger charge is 2.49. The van der Waals surface area contributed by atoms with E-state index in [1.54, 1.807) is 25.1 Å². The number of aryl methyl sites for hydroxylation is 1. The number of sulfonamides is 1. The maximum Gasteiger partial charge on any atom is 0.263 e. The number of halogens is 3. The van der Waals surface area contributed by atoms with Gasteiger partial charge in [0.1, 0.15) is 0 Å². The van der Waals surface area contributed by atoms with E-state index in [0.717, 1.165) is 0 Å². The van der Waals surface area contributed by atoms with Crippen LogP contribution in [0.25, 0.3) is 22.0 Å². The van der Waals surface area contributed by atoms with Gasteiger partial charge in [0, 0.05) is 12.0 Å². The van der Waals surface area contributed by atoms with Crippen molar-refractivity contribution in [2.45, 2.75) is 30.2 Å². The number of nitrogen functional groups attached to an aromatic ring is 1. The molecule has 1 aliphatic heterocycles. The monoisotopic (exact) mass is 456 g/mol. The van der Waals surface area contributed by atoms with E-state index >= 15 is 0 Å². The molecule has 1 atom stereocenters. The van der Waals surface area contributed by atoms with Crippen molar-refractivity contribution in [3.05, 3.63) is 40.9 Å². The molecular formula is C19H19ClF2N4O3S. The van der Waals surface area contributed by atoms with Crippen molar-refractivity contribution >= 4 is 38.3 Å². The van der Waals surface area contributed by atoms with Crippen molar-refractivity contribution in [3.8, 4) is 11.1 Å². The van der Waals surface area contributed by atoms with Crippen LogP contribution in [0, 0.1) is 6.92 Å². The van der Waals surface area contributed by atoms with E-state index in [1.165, 1.54) is 12.1 Å². The van der Waals surface area contributed by atoms with Crippen molar-refractivity contribution in [2.24, 2.45) is 0 Å². The third kappa shape index (κ3) is 3.33. The highest BCUT2D eigenvalue weighted by Crippen LogP contribution is 2.39. The summed E-state index contributed by atoms with van der Waals surface area (Å²) in [6.45, 7) is 0.0764. The molecule has 2 aromatic carbocycles. The fraction of sp³-hybridized carbons (Fsp3) is 0.316. The van der Waals surface area contributed by atoms with Crippen LogP contribution in [0.3, 0.4) is 0 Å². The van der Waals surface area contributed by atoms with Crippen LogP contribution in [0.4, 0.5) is 14.6 Å². The number of alkyl halides is 2. The first kappa shape index (κ1) is 21.0. The first-order valence-corrected chi connectivity index (χ1v) is 10.9. The summed E-state index contributed by atoms with van der Waals surface area (Å²) in [5.41, 5.74) is 8.44. The minimum Gasteiger partial charge on any atom is -0.395 e. The minimum atomic E-state index is -4.21. The lowest BCUT2D eigenvalue weighted by Crippen LogP contribution is -2.38. The predicted octanol–water partition coefficient (Wildman–Crippen LogP) is 3.16. The van der Waals surface area contributed by atoms with E-state index < -0.39 is 41.6 Å². The molecule has 4 rings (SSSR count). The van der Waals surface area contributed by atoms with E-state index in [-0.39, 0.29) is 10.7 Å². The molecular weight excluding hydrogens is 438 g/mol. The van der Waals surface area contributed by atoms with Gasteiger partial charge in [0.2, 0.25) is 10.0 Å². The Kier molecular flexibility index (Phi) is 5.00. The summed E-state index contributed by atoms with van der Waals surface area (Å²) in [5, 5.41) is 17.0. The average molecular weight is 457 g/mol. The van der Waals surface area contributed by atoms with Gasteiger partial charge in [-0.05, 0) is 36.2 Å². The van der Waals surface area contributed by atoms with Gasteiger partial charge in [0.25, 0.3) is 5.92 Å². The van der Waals surface area contributed by atoms with Gasteiger partial charge in [0.15, 0.2) is 5.82 Å². The van der Waals surface area contributed by atoms with Gasteiger partial charge in [-0.15, -0.1) is 0 Å². The van der Waals surface area contributed by atoms with E-state index in [2.05, 4.69) is 10.2 Å². The van der Waals surface area contributed by atoms with Crippen LogP contribution in [-0.2, 0) is 10.0 Å². The van der Waals surface area contributed by atoms with Crippen LogP contribution in [0.1, 0.15) is 12.0 Å². The Labute approximate surface area is 176 Å². The first-order chi connectivity index (χ1) is 14.0. The number of hydrogen-bond acceptors (Lipinski definition) is 5. The number of hydrogen-bond donors (Lipinski definition) is 3. The SMILES string of the molecule is Cc1cc(S(=O)(=O)N2CC(F)(F)C[C@H]2CO)ccc1-c1ccc2[nH]nc(N)c2c1Cl. The van der Waals surface area contributed by atoms with Crippen molar-refractivity contribution in [3.63, 3.8) is 0 Å². The fourth-order valence-electron chi connectivity index (χ4n) is 3.84. The molecule has 0 radical (unpaired) electrons. The number of nitrogens with zero attached hydrogens (tertiary/aromatic N) is 2. The van der Waals surface area contributed by atoms with Gasteiger partial charge in [-0.3, -0.25) is 5.10 Å². The van der Waals surface area contributed by atoms with E-state index in [9.17, 15) is 22.3 Å². The standard InChI is InChI=1S/C19H19ClF2N4O3S/c1-10-6-12(30(28,29)26-9-19(21,22)7-11(26)8-27)2-3-13(10)14-4-5-15-16(17(14)20)18(23)25-24-15/h2-6,11,27H,7-9H2,1H3,(H3,23,24,25)/t11-/m0/s1. The second kappa shape index (κ2) is 7.16. The Bertz CT molecular complexity index is 1250. The summed E-state index contributed by atoms with van der Waals surface area (Å²) in [6.07, 6.45) is -0.707. The van der Waals surface area contributed by atoms with E-state index in [4.69, 9.17) is 17.3 Å². The molecule has 0 saturated carbocycles. The molecule has 0 aliphatic carbocycles. The van der Waals surface area contributed by atoms with Crippen LogP contribution in [-0.4, -0.2) is 53.1 Å². The smallest absolute Gasteiger partial charge is 0.263 e. The lowest BCUT2D eigenvalue weighted by molar-refractivity contribution is 0.0161. The highest BCUT2D eigenvalue weighted by molar-refractivity contribution is 7.89. The number of nitrogens with one attached hydrogen (secondary N) is 1. The van der Waals surface area contributed by atoms with Crippen molar-refractivity contribution in [1.82, 2.24) is 14.5 Å². The maximum absolute atomic E-state index is 13.8. The zero-order valence-corrected chi connectivity index (χ0v) is 17.4. The Morgan fingerprint density at radius 2 is 2.03 bits per heavy atom. The van der Waals surface area contributed by atoms with Gasteiger partial charge in [-0.2, -0.15) is 9.40 Å². The third-order valence-corrected chi connectivity index (χ3v) is 7.62. The summed E-state index contributed by atoms with van der Waals surface area (Å²) in [7, 11) is -4.21. The molecule has 160 valence electrons. The van der Waals surface area contributed by atoms with Crippen LogP contribution in [0.5, 0.6) is 0 Å². The number of benzene rings is 2. The Morgan fingerprint density at radius 1 is 1.33 bits per heavy atom. The lowest BCUT2D eigenvalue weighted by Gasteiger charge is -2.22. The zero-order chi connectivity index (χ0) is 21.8. The number of fused-ring (bicyclic) bond motifs is 1. The molecule has 0 unspecified atom stereocenters. The Morgan fingerprint density at radius 3 is 2.70 bits per heavy atom. The number of aliphatic hydroxyl groups is 1. The maximum atomic E-state index is 13.8. The Balaban J connectivity index is 1.76. The number of aromatic nitrogens is 2. The molecule has 30 heavy (non-hydrogen) atoms. The molecule has 0 spiro atoms. The molecule has 1 aliphatic rings. The van der Waals surface area contributed by atoms with Crippen LogP contribution >= 0.6 is 11.6 Å². The Hall–Kier alpha value is -2.27. The number of nitrogens with two attached hydrogens (primary N) is 1. The molecule has 1 fully saturated rings. The zero-order valence-electron chi connectivity index (χ0n) is 15.9. The minimum absolute atomic E-state index is 0.125. The normalized spacial score (nSPS) is 19.6. The summed E-state index contributed by atoms with van der Waals surface area (Å²) < 4.78 is 54.2. The molecule has 1 aromatic heterocycles. The highest BCUT2D eigenvalue weighted by atomic mass is 35.5. The summed E-state index contributed by atoms with van der Waals surface area (Å²) in [4.78, 5) is -0.125. The molecule has 4 N–H and O–H groups in total. The predicted molar refractivity (Wildman–Crippen MR) is 110 cm³/mol. The average Bonchev–Trinajstić information content (AvgIpc) is 3.22. The molecule has 11 heteroatoms. The summed E-state index contributed by atoms with van der Waals surface area (Å²) in [5.74, 6) is -2.93. The first-order valence-electron chi connectivity index (χ1n) is 9.09. The quantitative estimate of drug-likeness (QED) is 0.558. The number of anilines is 1. The molecule has 3 aromatic rings. The number of H-pyrrole nitrogens is 1. The fourth-order valence-corrected chi connectivity index (χ4v) is 5.94. The van der Waals surface area contributed by atoms with Crippen LogP contribution in [0.2, 0.25) is 5.02 Å². The van der Waals surface area contributed by atoms with E-state index in [0.29, 0.717) is 36.9 Å². The molecule has 1 saturated heterocycles. The van der Waals surface area contributed by atoms with Gasteiger partial charge in [-0.25, -0.2) is 17.2 Å². The molecule has 0 amide bonds. The van der Waals surface area contributed by atoms with Gasteiger partial charge in [-0.1, -0.05) is 23.7 Å². The van der Waals surface area contributed by atoms with Gasteiger partial charge in [0.05, 0.1) is 40.0 Å². The van der Waals surface area contributed by atoms with Gasteiger partial charge >= 0.3 is 0 Å². The molecule has 0 bridgehead atoms. The molecule has 2 heterocycles. The second-order valence-electron chi connectivity index (χ2n) is 7.38. The van der Waals surface area contributed by atoms with Crippen molar-refractivity contribution in [2.75, 3.05) is 18.9 Å². The van der Waals surface area contributed by atoms with Crippen LogP contribution < -0.4 is 5.73 Å². The van der Waals surface area contributed by atoms with Crippen LogP contribution in [0.15, 0.2) is 35.2 Å².